The molecule has 0 N–H and O–H groups in total. The van der Waals surface area contributed by atoms with E-state index in [0.29, 0.717) is 29.7 Å². The van der Waals surface area contributed by atoms with Crippen LogP contribution in [0.15, 0.2) is 75.9 Å². The minimum atomic E-state index is -0.568. The number of fused-ring (bicyclic) bond motifs is 2. The molecule has 0 fully saturated rings. The highest BCUT2D eigenvalue weighted by molar-refractivity contribution is 5.99. The number of amides is 1. The lowest BCUT2D eigenvalue weighted by molar-refractivity contribution is 0.0714. The van der Waals surface area contributed by atoms with Crippen molar-refractivity contribution in [3.8, 4) is 11.5 Å². The zero-order valence-corrected chi connectivity index (χ0v) is 19.3. The van der Waals surface area contributed by atoms with E-state index in [-0.39, 0.29) is 17.1 Å². The average molecular weight is 456 g/mol. The molecule has 0 saturated carbocycles. The molecule has 4 aromatic rings. The van der Waals surface area contributed by atoms with Crippen molar-refractivity contribution in [2.24, 2.45) is 0 Å². The maximum absolute atomic E-state index is 13.7. The summed E-state index contributed by atoms with van der Waals surface area (Å²) in [6.45, 7) is 4.73. The van der Waals surface area contributed by atoms with Gasteiger partial charge in [0, 0.05) is 6.54 Å². The first-order chi connectivity index (χ1) is 16.5. The predicted octanol–water partition coefficient (Wildman–Crippen LogP) is 5.25. The molecule has 0 saturated heterocycles. The molecule has 0 radical (unpaired) electrons. The zero-order chi connectivity index (χ0) is 23.8. The van der Waals surface area contributed by atoms with Gasteiger partial charge in [0.1, 0.15) is 17.1 Å². The number of benzene rings is 3. The third kappa shape index (κ3) is 3.71. The van der Waals surface area contributed by atoms with Crippen LogP contribution in [0.2, 0.25) is 0 Å². The molecule has 0 aliphatic carbocycles. The number of carbonyl (C=O) groups is 1. The average Bonchev–Trinajstić information content (AvgIpc) is 3.12. The fraction of sp³-hybridized carbons (Fsp3) is 0.214. The van der Waals surface area contributed by atoms with Gasteiger partial charge in [-0.2, -0.15) is 0 Å². The summed E-state index contributed by atoms with van der Waals surface area (Å²) in [7, 11) is 1.61. The first-order valence-corrected chi connectivity index (χ1v) is 11.2. The van der Waals surface area contributed by atoms with E-state index < -0.39 is 6.04 Å². The SMILES string of the molecule is CCOc1ccc(C2c3c(oc4ccc(C)cc4c3=O)C(=O)N2Cc2ccc(OC)cc2)cc1. The van der Waals surface area contributed by atoms with Crippen molar-refractivity contribution in [3.63, 3.8) is 0 Å². The van der Waals surface area contributed by atoms with Crippen molar-refractivity contribution in [1.29, 1.82) is 0 Å². The van der Waals surface area contributed by atoms with E-state index >= 15 is 0 Å². The molecule has 1 unspecified atom stereocenters. The highest BCUT2D eigenvalue weighted by atomic mass is 16.5. The van der Waals surface area contributed by atoms with Crippen LogP contribution in [0, 0.1) is 6.92 Å². The minimum Gasteiger partial charge on any atom is -0.497 e. The zero-order valence-electron chi connectivity index (χ0n) is 19.3. The van der Waals surface area contributed by atoms with Crippen LogP contribution in [-0.2, 0) is 6.54 Å². The number of nitrogens with zero attached hydrogens (tertiary/aromatic N) is 1. The Hall–Kier alpha value is -4.06. The molecule has 0 spiro atoms. The number of methoxy groups -OCH3 is 1. The first-order valence-electron chi connectivity index (χ1n) is 11.2. The number of hydrogen-bond donors (Lipinski definition) is 0. The third-order valence-corrected chi connectivity index (χ3v) is 6.14. The Bertz CT molecular complexity index is 1420. The number of aryl methyl sites for hydroxylation is 1. The summed E-state index contributed by atoms with van der Waals surface area (Å²) in [6, 6.07) is 19.9. The van der Waals surface area contributed by atoms with Crippen molar-refractivity contribution >= 4 is 16.9 Å². The lowest BCUT2D eigenvalue weighted by atomic mass is 9.98. The van der Waals surface area contributed by atoms with E-state index in [9.17, 15) is 9.59 Å². The monoisotopic (exact) mass is 455 g/mol. The molecule has 1 amide bonds. The van der Waals surface area contributed by atoms with Crippen LogP contribution in [0.5, 0.6) is 11.5 Å². The van der Waals surface area contributed by atoms with Gasteiger partial charge in [-0.1, -0.05) is 35.9 Å². The quantitative estimate of drug-likeness (QED) is 0.397. The second kappa shape index (κ2) is 8.71. The number of rotatable bonds is 6. The first kappa shape index (κ1) is 21.8. The molecular formula is C28H25NO5. The maximum Gasteiger partial charge on any atom is 0.291 e. The predicted molar refractivity (Wildman–Crippen MR) is 130 cm³/mol. The Balaban J connectivity index is 1.65. The standard InChI is InChI=1S/C28H25NO5/c1-4-33-21-12-8-19(9-13-21)25-24-26(30)22-15-17(2)5-14-23(22)34-27(24)28(31)29(25)16-18-6-10-20(32-3)11-7-18/h5-15,25H,4,16H2,1-3H3. The lowest BCUT2D eigenvalue weighted by Crippen LogP contribution is -2.29. The Morgan fingerprint density at radius 2 is 1.65 bits per heavy atom. The van der Waals surface area contributed by atoms with E-state index in [1.54, 1.807) is 18.1 Å². The van der Waals surface area contributed by atoms with Gasteiger partial charge in [-0.3, -0.25) is 9.59 Å². The largest absolute Gasteiger partial charge is 0.497 e. The highest BCUT2D eigenvalue weighted by Gasteiger charge is 2.42. The van der Waals surface area contributed by atoms with Gasteiger partial charge in [-0.15, -0.1) is 0 Å². The van der Waals surface area contributed by atoms with Crippen molar-refractivity contribution in [3.05, 3.63) is 105 Å². The van der Waals surface area contributed by atoms with Crippen LogP contribution in [0.3, 0.4) is 0 Å². The number of ether oxygens (including phenoxy) is 2. The molecule has 172 valence electrons. The van der Waals surface area contributed by atoms with Crippen LogP contribution in [0.1, 0.15) is 45.8 Å². The van der Waals surface area contributed by atoms with Crippen LogP contribution in [0.25, 0.3) is 11.0 Å². The van der Waals surface area contributed by atoms with E-state index in [1.807, 2.05) is 74.5 Å². The fourth-order valence-electron chi connectivity index (χ4n) is 4.48. The molecule has 6 nitrogen and oxygen atoms in total. The molecule has 2 heterocycles. The van der Waals surface area contributed by atoms with E-state index in [1.165, 1.54) is 0 Å². The van der Waals surface area contributed by atoms with Gasteiger partial charge in [-0.25, -0.2) is 0 Å². The second-order valence-corrected chi connectivity index (χ2v) is 8.36. The maximum atomic E-state index is 13.7. The molecule has 0 bridgehead atoms. The van der Waals surface area contributed by atoms with Crippen LogP contribution >= 0.6 is 0 Å². The normalized spacial score (nSPS) is 15.0. The molecule has 1 atom stereocenters. The van der Waals surface area contributed by atoms with Crippen molar-refractivity contribution in [1.82, 2.24) is 4.90 Å². The van der Waals surface area contributed by atoms with Crippen molar-refractivity contribution < 1.29 is 18.7 Å². The van der Waals surface area contributed by atoms with Crippen LogP contribution in [-0.4, -0.2) is 24.5 Å². The summed E-state index contributed by atoms with van der Waals surface area (Å²) in [4.78, 5) is 29.0. The third-order valence-electron chi connectivity index (χ3n) is 6.14. The highest BCUT2D eigenvalue weighted by Crippen LogP contribution is 2.39. The Morgan fingerprint density at radius 3 is 2.32 bits per heavy atom. The van der Waals surface area contributed by atoms with Gasteiger partial charge in [0.15, 0.2) is 5.43 Å². The Kier molecular flexibility index (Phi) is 5.57. The second-order valence-electron chi connectivity index (χ2n) is 8.36. The summed E-state index contributed by atoms with van der Waals surface area (Å²) in [5, 5.41) is 0.480. The summed E-state index contributed by atoms with van der Waals surface area (Å²) in [5.41, 5.74) is 3.32. The molecule has 34 heavy (non-hydrogen) atoms. The van der Waals surface area contributed by atoms with Crippen molar-refractivity contribution in [2.45, 2.75) is 26.4 Å². The Morgan fingerprint density at radius 1 is 0.941 bits per heavy atom. The summed E-state index contributed by atoms with van der Waals surface area (Å²) in [6.07, 6.45) is 0. The summed E-state index contributed by atoms with van der Waals surface area (Å²) in [5.74, 6) is 1.28. The summed E-state index contributed by atoms with van der Waals surface area (Å²) < 4.78 is 16.9. The van der Waals surface area contributed by atoms with Crippen molar-refractivity contribution in [2.75, 3.05) is 13.7 Å². The van der Waals surface area contributed by atoms with E-state index in [2.05, 4.69) is 0 Å². The molecule has 1 aliphatic heterocycles. The van der Waals surface area contributed by atoms with Gasteiger partial charge >= 0.3 is 0 Å². The summed E-state index contributed by atoms with van der Waals surface area (Å²) >= 11 is 0. The smallest absolute Gasteiger partial charge is 0.291 e. The molecule has 1 aromatic heterocycles. The molecular weight excluding hydrogens is 430 g/mol. The van der Waals surface area contributed by atoms with Gasteiger partial charge in [0.2, 0.25) is 5.76 Å². The topological polar surface area (TPSA) is 69.0 Å². The van der Waals surface area contributed by atoms with Crippen LogP contribution < -0.4 is 14.9 Å². The lowest BCUT2D eigenvalue weighted by Gasteiger charge is -2.25. The number of hydrogen-bond acceptors (Lipinski definition) is 5. The van der Waals surface area contributed by atoms with E-state index in [0.717, 1.165) is 28.2 Å². The molecule has 6 heteroatoms. The molecule has 1 aliphatic rings. The van der Waals surface area contributed by atoms with Gasteiger partial charge in [-0.05, 0) is 61.4 Å². The minimum absolute atomic E-state index is 0.105. The van der Waals surface area contributed by atoms with Gasteiger partial charge in [0.25, 0.3) is 5.91 Å². The van der Waals surface area contributed by atoms with Gasteiger partial charge in [0.05, 0.1) is 30.7 Å². The molecule has 3 aromatic carbocycles. The van der Waals surface area contributed by atoms with Crippen LogP contribution in [0.4, 0.5) is 0 Å². The number of carbonyl (C=O) groups excluding carboxylic acids is 1. The molecule has 5 rings (SSSR count). The van der Waals surface area contributed by atoms with E-state index in [4.69, 9.17) is 13.9 Å². The van der Waals surface area contributed by atoms with Gasteiger partial charge < -0.3 is 18.8 Å². The Labute approximate surface area is 197 Å². The fourth-order valence-corrected chi connectivity index (χ4v) is 4.48.